The summed E-state index contributed by atoms with van der Waals surface area (Å²) in [6, 6.07) is 5.54. The Kier molecular flexibility index (Phi) is 7.12. The Morgan fingerprint density at radius 2 is 2.00 bits per heavy atom. The maximum Gasteiger partial charge on any atom is 0.410 e. The van der Waals surface area contributed by atoms with Crippen LogP contribution >= 0.6 is 0 Å². The summed E-state index contributed by atoms with van der Waals surface area (Å²) in [6.07, 6.45) is 4.03. The number of pyridine rings is 1. The zero-order valence-corrected chi connectivity index (χ0v) is 19.5. The molecule has 1 unspecified atom stereocenters. The summed E-state index contributed by atoms with van der Waals surface area (Å²) in [5, 5.41) is 15.6. The second-order valence-electron chi connectivity index (χ2n) is 8.21. The zero-order valence-electron chi connectivity index (χ0n) is 19.5. The van der Waals surface area contributed by atoms with Gasteiger partial charge in [-0.1, -0.05) is 13.8 Å². The Morgan fingerprint density at radius 3 is 2.66 bits per heavy atom. The molecule has 10 nitrogen and oxygen atoms in total. The van der Waals surface area contributed by atoms with Crippen LogP contribution in [0.4, 0.5) is 16.3 Å². The lowest BCUT2D eigenvalue weighted by atomic mass is 10.00. The van der Waals surface area contributed by atoms with Crippen molar-refractivity contribution in [1.29, 1.82) is 0 Å². The normalized spacial score (nSPS) is 15.8. The van der Waals surface area contributed by atoms with E-state index < -0.39 is 5.60 Å². The summed E-state index contributed by atoms with van der Waals surface area (Å²) in [4.78, 5) is 18.5. The van der Waals surface area contributed by atoms with E-state index >= 15 is 0 Å². The maximum atomic E-state index is 12.4. The van der Waals surface area contributed by atoms with Crippen LogP contribution in [0.2, 0.25) is 0 Å². The molecule has 0 aromatic carbocycles. The first-order valence-corrected chi connectivity index (χ1v) is 10.8. The third kappa shape index (κ3) is 5.43. The van der Waals surface area contributed by atoms with Crippen molar-refractivity contribution < 1.29 is 14.3 Å². The van der Waals surface area contributed by atoms with Crippen molar-refractivity contribution in [1.82, 2.24) is 29.7 Å². The van der Waals surface area contributed by atoms with Crippen molar-refractivity contribution in [3.8, 4) is 5.88 Å². The molecule has 4 rings (SSSR count). The predicted molar refractivity (Wildman–Crippen MR) is 121 cm³/mol. The van der Waals surface area contributed by atoms with Gasteiger partial charge in [-0.3, -0.25) is 0 Å². The number of methoxy groups -OCH3 is 1. The highest BCUT2D eigenvalue weighted by Gasteiger charge is 2.31. The molecule has 1 amide bonds. The molecule has 1 aliphatic rings. The molecule has 1 fully saturated rings. The minimum Gasteiger partial charge on any atom is -0.480 e. The number of likely N-dealkylation sites (tertiary alicyclic amines) is 1. The van der Waals surface area contributed by atoms with Crippen molar-refractivity contribution in [2.75, 3.05) is 25.5 Å². The number of nitrogens with zero attached hydrogens (tertiary/aromatic N) is 6. The van der Waals surface area contributed by atoms with Crippen LogP contribution in [0, 0.1) is 0 Å². The van der Waals surface area contributed by atoms with Crippen LogP contribution in [-0.2, 0) is 4.74 Å². The molecule has 32 heavy (non-hydrogen) atoms. The van der Waals surface area contributed by atoms with Crippen LogP contribution < -0.4 is 10.1 Å². The first-order valence-electron chi connectivity index (χ1n) is 10.8. The highest BCUT2D eigenvalue weighted by Crippen LogP contribution is 2.31. The molecule has 0 bridgehead atoms. The van der Waals surface area contributed by atoms with Gasteiger partial charge in [0.1, 0.15) is 11.9 Å². The number of carbonyl (C=O) groups excluding carboxylic acids is 1. The minimum absolute atomic E-state index is 0.175. The Labute approximate surface area is 187 Å². The van der Waals surface area contributed by atoms with E-state index in [0.29, 0.717) is 30.4 Å². The Hall–Kier alpha value is -3.43. The van der Waals surface area contributed by atoms with Crippen molar-refractivity contribution in [3.05, 3.63) is 36.3 Å². The Balaban J connectivity index is 0.00000141. The van der Waals surface area contributed by atoms with E-state index in [1.807, 2.05) is 46.9 Å². The molecular formula is C22H31N7O3. The van der Waals surface area contributed by atoms with Crippen LogP contribution in [-0.4, -0.2) is 61.6 Å². The largest absolute Gasteiger partial charge is 0.480 e. The second-order valence-corrected chi connectivity index (χ2v) is 8.21. The van der Waals surface area contributed by atoms with Gasteiger partial charge in [0.25, 0.3) is 0 Å². The van der Waals surface area contributed by atoms with Crippen LogP contribution in [0.1, 0.15) is 52.5 Å². The van der Waals surface area contributed by atoms with Crippen LogP contribution in [0.3, 0.4) is 0 Å². The standard InChI is InChI=1S/C20H25N7O3.C2H6/c1-20(2,3)30-19(28)26-8-7-13(10-26)14-9-15(18-21-12-22-27(18)11-14)23-16-5-6-17(29-4)25-24-16;1-2/h5-6,9,11-13H,7-8,10H2,1-4H3,(H,23,24);1-2H3. The Bertz CT molecular complexity index is 1040. The van der Waals surface area contributed by atoms with Crippen molar-refractivity contribution in [2.45, 2.75) is 52.6 Å². The van der Waals surface area contributed by atoms with Gasteiger partial charge in [0.2, 0.25) is 5.88 Å². The number of rotatable bonds is 4. The molecule has 1 N–H and O–H groups in total. The molecule has 3 aromatic heterocycles. The summed E-state index contributed by atoms with van der Waals surface area (Å²) in [5.74, 6) is 1.18. The second kappa shape index (κ2) is 9.80. The number of aromatic nitrogens is 5. The number of anilines is 2. The van der Waals surface area contributed by atoms with Gasteiger partial charge in [0.15, 0.2) is 11.5 Å². The molecule has 0 aliphatic carbocycles. The fourth-order valence-electron chi connectivity index (χ4n) is 3.42. The van der Waals surface area contributed by atoms with Gasteiger partial charge in [0.05, 0.1) is 12.8 Å². The average Bonchev–Trinajstić information content (AvgIpc) is 3.44. The number of hydrogen-bond donors (Lipinski definition) is 1. The average molecular weight is 442 g/mol. The highest BCUT2D eigenvalue weighted by molar-refractivity contribution is 5.73. The van der Waals surface area contributed by atoms with E-state index in [2.05, 4.69) is 25.6 Å². The predicted octanol–water partition coefficient (Wildman–Crippen LogP) is 4.02. The molecule has 1 atom stereocenters. The summed E-state index contributed by atoms with van der Waals surface area (Å²) in [5.41, 5.74) is 1.99. The SMILES string of the molecule is CC.COc1ccc(Nc2cc(C3CCN(C(=O)OC(C)(C)C)C3)cn3ncnc23)nn1. The van der Waals surface area contributed by atoms with Gasteiger partial charge < -0.3 is 19.7 Å². The number of nitrogens with one attached hydrogen (secondary N) is 1. The fraction of sp³-hybridized carbons (Fsp3) is 0.500. The fourth-order valence-corrected chi connectivity index (χ4v) is 3.42. The lowest BCUT2D eigenvalue weighted by Crippen LogP contribution is -2.35. The van der Waals surface area contributed by atoms with Crippen LogP contribution in [0.5, 0.6) is 5.88 Å². The quantitative estimate of drug-likeness (QED) is 0.647. The summed E-state index contributed by atoms with van der Waals surface area (Å²) in [6.45, 7) is 10.9. The summed E-state index contributed by atoms with van der Waals surface area (Å²) >= 11 is 0. The first-order chi connectivity index (χ1) is 15.3. The highest BCUT2D eigenvalue weighted by atomic mass is 16.6. The van der Waals surface area contributed by atoms with Crippen molar-refractivity contribution in [3.63, 3.8) is 0 Å². The van der Waals surface area contributed by atoms with Gasteiger partial charge >= 0.3 is 6.09 Å². The maximum absolute atomic E-state index is 12.4. The zero-order chi connectivity index (χ0) is 23.3. The summed E-state index contributed by atoms with van der Waals surface area (Å²) < 4.78 is 12.3. The van der Waals surface area contributed by atoms with Gasteiger partial charge in [-0.05, 0) is 44.9 Å². The minimum atomic E-state index is -0.509. The molecule has 0 radical (unpaired) electrons. The van der Waals surface area contributed by atoms with E-state index in [-0.39, 0.29) is 12.0 Å². The number of carbonyl (C=O) groups is 1. The lowest BCUT2D eigenvalue weighted by molar-refractivity contribution is 0.0292. The molecule has 172 valence electrons. The van der Waals surface area contributed by atoms with Crippen molar-refractivity contribution >= 4 is 23.2 Å². The van der Waals surface area contributed by atoms with Gasteiger partial charge in [-0.15, -0.1) is 10.2 Å². The van der Waals surface area contributed by atoms with E-state index in [4.69, 9.17) is 9.47 Å². The molecular weight excluding hydrogens is 410 g/mol. The van der Waals surface area contributed by atoms with E-state index in [1.54, 1.807) is 28.7 Å². The third-order valence-corrected chi connectivity index (χ3v) is 4.82. The molecule has 0 saturated carbocycles. The van der Waals surface area contributed by atoms with Crippen LogP contribution in [0.25, 0.3) is 5.65 Å². The number of amides is 1. The topological polar surface area (TPSA) is 107 Å². The molecule has 1 saturated heterocycles. The number of hydrogen-bond acceptors (Lipinski definition) is 8. The number of ether oxygens (including phenoxy) is 2. The van der Waals surface area contributed by atoms with E-state index in [1.165, 1.54) is 6.33 Å². The number of fused-ring (bicyclic) bond motifs is 1. The summed E-state index contributed by atoms with van der Waals surface area (Å²) in [7, 11) is 1.54. The molecule has 3 aromatic rings. The van der Waals surface area contributed by atoms with Gasteiger partial charge in [0, 0.05) is 31.3 Å². The van der Waals surface area contributed by atoms with E-state index in [9.17, 15) is 4.79 Å². The lowest BCUT2D eigenvalue weighted by Gasteiger charge is -2.24. The van der Waals surface area contributed by atoms with Gasteiger partial charge in [-0.2, -0.15) is 5.10 Å². The van der Waals surface area contributed by atoms with Crippen molar-refractivity contribution in [2.24, 2.45) is 0 Å². The first kappa shape index (κ1) is 23.2. The van der Waals surface area contributed by atoms with Gasteiger partial charge in [-0.25, -0.2) is 14.3 Å². The third-order valence-electron chi connectivity index (χ3n) is 4.82. The monoisotopic (exact) mass is 441 g/mol. The molecule has 4 heterocycles. The molecule has 1 aliphatic heterocycles. The van der Waals surface area contributed by atoms with E-state index in [0.717, 1.165) is 17.7 Å². The van der Waals surface area contributed by atoms with Crippen LogP contribution in [0.15, 0.2) is 30.7 Å². The smallest absolute Gasteiger partial charge is 0.410 e. The molecule has 10 heteroatoms. The Morgan fingerprint density at radius 1 is 1.22 bits per heavy atom. The molecule has 0 spiro atoms.